The number of hydrogen-bond donors (Lipinski definition) is 1. The molecule has 0 unspecified atom stereocenters. The molecule has 0 aliphatic heterocycles. The fourth-order valence-corrected chi connectivity index (χ4v) is 1.14. The van der Waals surface area contributed by atoms with Crippen molar-refractivity contribution in [3.8, 4) is 0 Å². The first-order valence-electron chi connectivity index (χ1n) is 3.98. The zero-order valence-corrected chi connectivity index (χ0v) is 8.01. The second kappa shape index (κ2) is 4.73. The topological polar surface area (TPSA) is 73.6 Å². The van der Waals surface area contributed by atoms with Crippen molar-refractivity contribution in [2.24, 2.45) is 0 Å². The van der Waals surface area contributed by atoms with E-state index in [-0.39, 0.29) is 6.54 Å². The van der Waals surface area contributed by atoms with Crippen LogP contribution in [0.3, 0.4) is 0 Å². The molecule has 0 spiro atoms. The number of nitrogens with zero attached hydrogens (tertiary/aromatic N) is 2. The Hall–Kier alpha value is -1.40. The van der Waals surface area contributed by atoms with E-state index >= 15 is 0 Å². The van der Waals surface area contributed by atoms with Gasteiger partial charge in [0.1, 0.15) is 6.54 Å². The number of methoxy groups -OCH3 is 2. The minimum atomic E-state index is -0.957. The average molecular weight is 200 g/mol. The summed E-state index contributed by atoms with van der Waals surface area (Å²) in [4.78, 5) is 10.5. The van der Waals surface area contributed by atoms with E-state index in [9.17, 15) is 4.79 Å². The van der Waals surface area contributed by atoms with E-state index in [0.717, 1.165) is 0 Å². The fourth-order valence-electron chi connectivity index (χ4n) is 1.14. The van der Waals surface area contributed by atoms with E-state index < -0.39 is 12.3 Å². The van der Waals surface area contributed by atoms with Gasteiger partial charge < -0.3 is 14.6 Å². The summed E-state index contributed by atoms with van der Waals surface area (Å²) in [5, 5.41) is 12.4. The third kappa shape index (κ3) is 2.30. The zero-order valence-electron chi connectivity index (χ0n) is 8.01. The molecule has 0 fully saturated rings. The third-order valence-electron chi connectivity index (χ3n) is 1.70. The van der Waals surface area contributed by atoms with Crippen molar-refractivity contribution in [3.63, 3.8) is 0 Å². The van der Waals surface area contributed by atoms with Gasteiger partial charge in [-0.3, -0.25) is 9.48 Å². The van der Waals surface area contributed by atoms with E-state index in [1.165, 1.54) is 25.1 Å². The van der Waals surface area contributed by atoms with E-state index in [2.05, 4.69) is 5.10 Å². The maximum Gasteiger partial charge on any atom is 0.325 e. The highest BCUT2D eigenvalue weighted by Gasteiger charge is 2.15. The number of hydrogen-bond acceptors (Lipinski definition) is 4. The monoisotopic (exact) mass is 200 g/mol. The predicted octanol–water partition coefficient (Wildman–Crippen LogP) is 0.259. The smallest absolute Gasteiger partial charge is 0.325 e. The summed E-state index contributed by atoms with van der Waals surface area (Å²) >= 11 is 0. The first kappa shape index (κ1) is 10.7. The van der Waals surface area contributed by atoms with Crippen molar-refractivity contribution in [3.05, 3.63) is 18.0 Å². The van der Waals surface area contributed by atoms with Crippen molar-refractivity contribution in [2.45, 2.75) is 12.8 Å². The third-order valence-corrected chi connectivity index (χ3v) is 1.70. The maximum absolute atomic E-state index is 10.5. The molecule has 0 radical (unpaired) electrons. The molecule has 0 aliphatic carbocycles. The van der Waals surface area contributed by atoms with Crippen LogP contribution in [0.4, 0.5) is 0 Å². The van der Waals surface area contributed by atoms with Crippen LogP contribution in [0, 0.1) is 0 Å². The quantitative estimate of drug-likeness (QED) is 0.690. The lowest BCUT2D eigenvalue weighted by atomic mass is 10.4. The second-order valence-electron chi connectivity index (χ2n) is 2.61. The number of carbonyl (C=O) groups is 1. The highest BCUT2D eigenvalue weighted by atomic mass is 16.7. The minimum Gasteiger partial charge on any atom is -0.480 e. The Morgan fingerprint density at radius 3 is 2.79 bits per heavy atom. The molecular weight excluding hydrogens is 188 g/mol. The normalized spacial score (nSPS) is 10.8. The molecule has 0 saturated heterocycles. The van der Waals surface area contributed by atoms with E-state index in [1.807, 2.05) is 0 Å². The van der Waals surface area contributed by atoms with Gasteiger partial charge in [0.15, 0.2) is 6.29 Å². The fraction of sp³-hybridized carbons (Fsp3) is 0.500. The van der Waals surface area contributed by atoms with Gasteiger partial charge in [-0.1, -0.05) is 0 Å². The lowest BCUT2D eigenvalue weighted by molar-refractivity contribution is -0.138. The van der Waals surface area contributed by atoms with Gasteiger partial charge in [0.2, 0.25) is 0 Å². The van der Waals surface area contributed by atoms with Crippen molar-refractivity contribution in [1.29, 1.82) is 0 Å². The van der Waals surface area contributed by atoms with Gasteiger partial charge in [-0.2, -0.15) is 5.10 Å². The van der Waals surface area contributed by atoms with Crippen LogP contribution in [0.1, 0.15) is 12.0 Å². The summed E-state index contributed by atoms with van der Waals surface area (Å²) in [6, 6.07) is 1.65. The highest BCUT2D eigenvalue weighted by molar-refractivity contribution is 5.66. The van der Waals surface area contributed by atoms with Gasteiger partial charge in [-0.15, -0.1) is 0 Å². The largest absolute Gasteiger partial charge is 0.480 e. The molecule has 0 amide bonds. The van der Waals surface area contributed by atoms with E-state index in [4.69, 9.17) is 14.6 Å². The molecule has 1 N–H and O–H groups in total. The van der Waals surface area contributed by atoms with Crippen LogP contribution in [0.25, 0.3) is 0 Å². The Bertz CT molecular complexity index is 306. The predicted molar refractivity (Wildman–Crippen MR) is 46.6 cm³/mol. The van der Waals surface area contributed by atoms with Crippen LogP contribution in [0.5, 0.6) is 0 Å². The maximum atomic E-state index is 10.5. The first-order chi connectivity index (χ1) is 6.69. The average Bonchev–Trinajstić information content (AvgIpc) is 2.55. The Balaban J connectivity index is 2.85. The van der Waals surface area contributed by atoms with Crippen LogP contribution >= 0.6 is 0 Å². The molecule has 1 heterocycles. The van der Waals surface area contributed by atoms with Crippen molar-refractivity contribution in [1.82, 2.24) is 9.78 Å². The van der Waals surface area contributed by atoms with Gasteiger partial charge in [-0.25, -0.2) is 0 Å². The van der Waals surface area contributed by atoms with Gasteiger partial charge >= 0.3 is 5.97 Å². The van der Waals surface area contributed by atoms with Gasteiger partial charge in [0, 0.05) is 20.4 Å². The number of carboxylic acid groups (broad SMARTS) is 1. The molecule has 0 atom stereocenters. The summed E-state index contributed by atoms with van der Waals surface area (Å²) in [5.41, 5.74) is 0.581. The first-order valence-corrected chi connectivity index (χ1v) is 3.98. The van der Waals surface area contributed by atoms with Crippen molar-refractivity contribution >= 4 is 5.97 Å². The Morgan fingerprint density at radius 1 is 1.64 bits per heavy atom. The molecular formula is C8H12N2O4. The number of aliphatic carboxylic acids is 1. The molecule has 78 valence electrons. The van der Waals surface area contributed by atoms with Crippen LogP contribution in [-0.4, -0.2) is 35.1 Å². The molecule has 6 heteroatoms. The molecule has 0 aliphatic rings. The molecule has 6 nitrogen and oxygen atoms in total. The zero-order chi connectivity index (χ0) is 10.6. The van der Waals surface area contributed by atoms with Crippen LogP contribution in [0.15, 0.2) is 12.3 Å². The lowest BCUT2D eigenvalue weighted by Crippen LogP contribution is -2.16. The molecule has 1 aromatic heterocycles. The molecule has 0 bridgehead atoms. The highest BCUT2D eigenvalue weighted by Crippen LogP contribution is 2.16. The summed E-state index contributed by atoms with van der Waals surface area (Å²) in [6.45, 7) is -0.203. The number of carboxylic acids is 1. The number of aromatic nitrogens is 2. The minimum absolute atomic E-state index is 0.203. The molecule has 1 aromatic rings. The van der Waals surface area contributed by atoms with Gasteiger partial charge in [0.25, 0.3) is 0 Å². The van der Waals surface area contributed by atoms with E-state index in [1.54, 1.807) is 6.07 Å². The molecule has 0 aromatic carbocycles. The number of ether oxygens (including phenoxy) is 2. The standard InChI is InChI=1S/C8H12N2O4/c1-13-8(14-2)6-3-4-9-10(6)5-7(11)12/h3-4,8H,5H2,1-2H3,(H,11,12). The summed E-state index contributed by atoms with van der Waals surface area (Å²) in [5.74, 6) is -0.957. The summed E-state index contributed by atoms with van der Waals surface area (Å²) < 4.78 is 11.3. The van der Waals surface area contributed by atoms with Gasteiger partial charge in [-0.05, 0) is 6.07 Å². The Kier molecular flexibility index (Phi) is 3.61. The molecule has 0 saturated carbocycles. The van der Waals surface area contributed by atoms with E-state index in [0.29, 0.717) is 5.69 Å². The second-order valence-corrected chi connectivity index (χ2v) is 2.61. The van der Waals surface area contributed by atoms with Crippen LogP contribution in [0.2, 0.25) is 0 Å². The molecule has 1 rings (SSSR count). The van der Waals surface area contributed by atoms with Crippen LogP contribution in [-0.2, 0) is 20.8 Å². The number of rotatable bonds is 5. The van der Waals surface area contributed by atoms with Crippen molar-refractivity contribution in [2.75, 3.05) is 14.2 Å². The summed E-state index contributed by atoms with van der Waals surface area (Å²) in [6.07, 6.45) is 0.917. The lowest BCUT2D eigenvalue weighted by Gasteiger charge is -2.14. The molecule has 14 heavy (non-hydrogen) atoms. The SMILES string of the molecule is COC(OC)c1ccnn1CC(=O)O. The van der Waals surface area contributed by atoms with Crippen LogP contribution < -0.4 is 0 Å². The summed E-state index contributed by atoms with van der Waals surface area (Å²) in [7, 11) is 2.96. The van der Waals surface area contributed by atoms with Gasteiger partial charge in [0.05, 0.1) is 5.69 Å². The van der Waals surface area contributed by atoms with Crippen molar-refractivity contribution < 1.29 is 19.4 Å². The Labute approximate surface area is 81.0 Å². The Morgan fingerprint density at radius 2 is 2.29 bits per heavy atom.